The van der Waals surface area contributed by atoms with E-state index >= 15 is 0 Å². The van der Waals surface area contributed by atoms with Gasteiger partial charge in [0.2, 0.25) is 11.8 Å². The number of benzene rings is 1. The monoisotopic (exact) mass is 459 g/mol. The summed E-state index contributed by atoms with van der Waals surface area (Å²) >= 11 is 0. The van der Waals surface area contributed by atoms with Gasteiger partial charge in [0.25, 0.3) is 0 Å². The van der Waals surface area contributed by atoms with Gasteiger partial charge in [-0.3, -0.25) is 0 Å². The zero-order chi connectivity index (χ0) is 24.0. The van der Waals surface area contributed by atoms with Crippen molar-refractivity contribution >= 4 is 17.1 Å². The van der Waals surface area contributed by atoms with Crippen molar-refractivity contribution < 1.29 is 4.52 Å². The highest BCUT2D eigenvalue weighted by Crippen LogP contribution is 2.31. The summed E-state index contributed by atoms with van der Waals surface area (Å²) < 4.78 is 7.44. The number of hydrogen-bond donors (Lipinski definition) is 0. The molecule has 0 amide bonds. The number of aryl methyl sites for hydroxylation is 3. The first-order valence-corrected chi connectivity index (χ1v) is 12.0. The van der Waals surface area contributed by atoms with Crippen LogP contribution < -0.4 is 4.90 Å². The minimum absolute atomic E-state index is 0.0996. The molecule has 0 aliphatic carbocycles. The molecule has 8 heteroatoms. The highest BCUT2D eigenvalue weighted by molar-refractivity contribution is 5.75. The lowest BCUT2D eigenvalue weighted by Gasteiger charge is -2.30. The van der Waals surface area contributed by atoms with Crippen LogP contribution in [-0.2, 0) is 18.9 Å². The Labute approximate surface area is 200 Å². The van der Waals surface area contributed by atoms with E-state index in [0.29, 0.717) is 11.7 Å². The maximum absolute atomic E-state index is 5.41. The summed E-state index contributed by atoms with van der Waals surface area (Å²) in [7, 11) is 2.01. The Bertz CT molecular complexity index is 1320. The van der Waals surface area contributed by atoms with Gasteiger partial charge in [-0.15, -0.1) is 0 Å². The molecule has 3 aromatic heterocycles. The molecule has 0 saturated carbocycles. The Morgan fingerprint density at radius 2 is 1.82 bits per heavy atom. The molecule has 178 valence electrons. The van der Waals surface area contributed by atoms with Crippen molar-refractivity contribution in [2.24, 2.45) is 7.05 Å². The summed E-state index contributed by atoms with van der Waals surface area (Å²) in [6.45, 7) is 12.5. The molecule has 1 saturated heterocycles. The fourth-order valence-corrected chi connectivity index (χ4v) is 4.70. The minimum Gasteiger partial charge on any atom is -0.341 e. The fourth-order valence-electron chi connectivity index (χ4n) is 4.70. The third kappa shape index (κ3) is 4.29. The van der Waals surface area contributed by atoms with Crippen LogP contribution in [0.5, 0.6) is 0 Å². The molecule has 4 heterocycles. The minimum atomic E-state index is 0.0996. The first-order valence-electron chi connectivity index (χ1n) is 12.0. The molecule has 1 aromatic carbocycles. The van der Waals surface area contributed by atoms with Crippen LogP contribution in [0.4, 0.5) is 5.95 Å². The molecular weight excluding hydrogens is 426 g/mol. The lowest BCUT2D eigenvalue weighted by molar-refractivity contribution is 0.327. The standard InChI is InChI=1S/C26H33N7O/c1-16-7-8-20(26(3,4)5)13-19(16)14-21-22-23(27-15-32(22)6)30-25(29-21)33-11-9-18(10-12-33)24-28-17(2)31-34-24/h7-8,13,15,18H,9-12,14H2,1-6H3. The van der Waals surface area contributed by atoms with Gasteiger partial charge < -0.3 is 14.0 Å². The summed E-state index contributed by atoms with van der Waals surface area (Å²) in [5.74, 6) is 2.48. The number of anilines is 1. The van der Waals surface area contributed by atoms with E-state index in [2.05, 4.69) is 65.9 Å². The van der Waals surface area contributed by atoms with Crippen LogP contribution >= 0.6 is 0 Å². The lowest BCUT2D eigenvalue weighted by Crippen LogP contribution is -2.34. The molecular formula is C26H33N7O. The lowest BCUT2D eigenvalue weighted by atomic mass is 9.84. The molecule has 0 radical (unpaired) electrons. The number of piperidine rings is 1. The van der Waals surface area contributed by atoms with Crippen LogP contribution in [0.1, 0.15) is 73.6 Å². The Morgan fingerprint density at radius 1 is 1.06 bits per heavy atom. The second-order valence-corrected chi connectivity index (χ2v) is 10.5. The van der Waals surface area contributed by atoms with Gasteiger partial charge in [0.1, 0.15) is 5.52 Å². The highest BCUT2D eigenvalue weighted by Gasteiger charge is 2.27. The molecule has 0 spiro atoms. The summed E-state index contributed by atoms with van der Waals surface area (Å²) in [6, 6.07) is 6.79. The van der Waals surface area contributed by atoms with Crippen LogP contribution in [0.15, 0.2) is 29.0 Å². The topological polar surface area (TPSA) is 85.8 Å². The van der Waals surface area contributed by atoms with Gasteiger partial charge in [0.15, 0.2) is 11.5 Å². The summed E-state index contributed by atoms with van der Waals surface area (Å²) in [5.41, 5.74) is 6.78. The summed E-state index contributed by atoms with van der Waals surface area (Å²) in [4.78, 5) is 21.2. The Balaban J connectivity index is 1.45. The Hall–Kier alpha value is -3.29. The smallest absolute Gasteiger partial charge is 0.229 e. The Kier molecular flexibility index (Phi) is 5.62. The van der Waals surface area contributed by atoms with E-state index in [0.717, 1.165) is 61.0 Å². The van der Waals surface area contributed by atoms with E-state index in [9.17, 15) is 0 Å². The van der Waals surface area contributed by atoms with Crippen LogP contribution in [0.3, 0.4) is 0 Å². The number of hydrogen-bond acceptors (Lipinski definition) is 7. The zero-order valence-corrected chi connectivity index (χ0v) is 21.0. The zero-order valence-electron chi connectivity index (χ0n) is 21.0. The van der Waals surface area contributed by atoms with Gasteiger partial charge in [-0.1, -0.05) is 44.1 Å². The second-order valence-electron chi connectivity index (χ2n) is 10.5. The molecule has 1 fully saturated rings. The van der Waals surface area contributed by atoms with Crippen LogP contribution in [0.2, 0.25) is 0 Å². The third-order valence-electron chi connectivity index (χ3n) is 6.88. The quantitative estimate of drug-likeness (QED) is 0.440. The van der Waals surface area contributed by atoms with E-state index in [4.69, 9.17) is 14.5 Å². The fraction of sp³-hybridized carbons (Fsp3) is 0.500. The van der Waals surface area contributed by atoms with Gasteiger partial charge in [-0.2, -0.15) is 9.97 Å². The maximum atomic E-state index is 5.41. The molecule has 8 nitrogen and oxygen atoms in total. The van der Waals surface area contributed by atoms with Gasteiger partial charge in [-0.25, -0.2) is 9.97 Å². The molecule has 1 aliphatic heterocycles. The maximum Gasteiger partial charge on any atom is 0.229 e. The van der Waals surface area contributed by atoms with Crippen molar-refractivity contribution in [3.8, 4) is 0 Å². The summed E-state index contributed by atoms with van der Waals surface area (Å²) in [5, 5.41) is 3.95. The molecule has 0 N–H and O–H groups in total. The first kappa shape index (κ1) is 22.5. The van der Waals surface area contributed by atoms with E-state index in [-0.39, 0.29) is 5.41 Å². The normalized spacial score (nSPS) is 15.4. The second kappa shape index (κ2) is 8.49. The van der Waals surface area contributed by atoms with Gasteiger partial charge in [-0.05, 0) is 48.8 Å². The van der Waals surface area contributed by atoms with Crippen LogP contribution in [0, 0.1) is 13.8 Å². The van der Waals surface area contributed by atoms with E-state index in [1.54, 1.807) is 0 Å². The SMILES string of the molecule is Cc1noc(C2CCN(c3nc(Cc4cc(C(C)(C)C)ccc4C)c4c(ncn4C)n3)CC2)n1. The van der Waals surface area contributed by atoms with Crippen LogP contribution in [0.25, 0.3) is 11.2 Å². The molecule has 1 aliphatic rings. The van der Waals surface area contributed by atoms with Gasteiger partial charge in [0.05, 0.1) is 12.0 Å². The van der Waals surface area contributed by atoms with Gasteiger partial charge in [0, 0.05) is 32.5 Å². The van der Waals surface area contributed by atoms with E-state index < -0.39 is 0 Å². The molecule has 5 rings (SSSR count). The van der Waals surface area contributed by atoms with E-state index in [1.807, 2.05) is 24.9 Å². The number of rotatable bonds is 4. The molecule has 0 atom stereocenters. The van der Waals surface area contributed by atoms with Crippen molar-refractivity contribution in [3.05, 3.63) is 58.6 Å². The average molecular weight is 460 g/mol. The van der Waals surface area contributed by atoms with Gasteiger partial charge >= 0.3 is 0 Å². The van der Waals surface area contributed by atoms with Crippen molar-refractivity contribution in [1.29, 1.82) is 0 Å². The highest BCUT2D eigenvalue weighted by atomic mass is 16.5. The number of aromatic nitrogens is 6. The Morgan fingerprint density at radius 3 is 2.50 bits per heavy atom. The third-order valence-corrected chi connectivity index (χ3v) is 6.88. The molecule has 0 bridgehead atoms. The van der Waals surface area contributed by atoms with Crippen molar-refractivity contribution in [1.82, 2.24) is 29.7 Å². The largest absolute Gasteiger partial charge is 0.341 e. The number of nitrogens with zero attached hydrogens (tertiary/aromatic N) is 7. The number of fused-ring (bicyclic) bond motifs is 1. The predicted octanol–water partition coefficient (Wildman–Crippen LogP) is 4.64. The molecule has 0 unspecified atom stereocenters. The number of imidazole rings is 1. The van der Waals surface area contributed by atoms with Crippen molar-refractivity contribution in [2.45, 2.75) is 65.2 Å². The average Bonchev–Trinajstić information content (AvgIpc) is 3.40. The van der Waals surface area contributed by atoms with Crippen molar-refractivity contribution in [3.63, 3.8) is 0 Å². The molecule has 4 aromatic rings. The summed E-state index contributed by atoms with van der Waals surface area (Å²) in [6.07, 6.45) is 4.45. The molecule has 34 heavy (non-hydrogen) atoms. The van der Waals surface area contributed by atoms with Crippen molar-refractivity contribution in [2.75, 3.05) is 18.0 Å². The predicted molar refractivity (Wildman–Crippen MR) is 132 cm³/mol. The first-order chi connectivity index (χ1) is 16.2. The van der Waals surface area contributed by atoms with Crippen LogP contribution in [-0.4, -0.2) is 42.7 Å². The van der Waals surface area contributed by atoms with E-state index in [1.165, 1.54) is 16.7 Å².